The Morgan fingerprint density at radius 3 is 2.85 bits per heavy atom. The van der Waals surface area contributed by atoms with Crippen LogP contribution in [0.2, 0.25) is 5.02 Å². The van der Waals surface area contributed by atoms with E-state index in [1.54, 1.807) is 7.11 Å². The first-order valence-electron chi connectivity index (χ1n) is 11.0. The molecule has 2 aliphatic rings. The minimum Gasteiger partial charge on any atom is -0.454 e. The Labute approximate surface area is 201 Å². The summed E-state index contributed by atoms with van der Waals surface area (Å²) in [4.78, 5) is 18.8. The molecule has 2 aromatic carbocycles. The van der Waals surface area contributed by atoms with E-state index in [-0.39, 0.29) is 18.6 Å². The van der Waals surface area contributed by atoms with Crippen molar-refractivity contribution < 1.29 is 19.0 Å². The highest BCUT2D eigenvalue weighted by atomic mass is 35.5. The van der Waals surface area contributed by atoms with Crippen LogP contribution in [0.25, 0.3) is 0 Å². The van der Waals surface area contributed by atoms with Gasteiger partial charge < -0.3 is 19.5 Å². The molecule has 1 fully saturated rings. The second kappa shape index (κ2) is 9.33. The van der Waals surface area contributed by atoms with E-state index in [1.165, 1.54) is 11.3 Å². The zero-order chi connectivity index (χ0) is 22.8. The average molecular weight is 485 g/mol. The smallest absolute Gasteiger partial charge is 0.236 e. The van der Waals surface area contributed by atoms with Gasteiger partial charge in [-0.3, -0.25) is 4.79 Å². The Morgan fingerprint density at radius 1 is 1.24 bits per heavy atom. The van der Waals surface area contributed by atoms with Crippen LogP contribution in [-0.2, 0) is 14.9 Å². The van der Waals surface area contributed by atoms with Crippen LogP contribution >= 0.6 is 22.9 Å². The Balaban J connectivity index is 1.34. The molecule has 0 saturated heterocycles. The standard InChI is InChI=1S/C25H25ClN2O4S/c1-30-12-4-6-18(17-5-2-3-7-19(17)26)22-14-27-24(33-22)28-23(29)25(10-11-25)16-8-9-20-21(13-16)32-15-31-20/h2-3,5,7-9,13-14,18H,4,6,10-12,15H2,1H3,(H,27,28,29). The molecule has 1 atom stereocenters. The monoisotopic (exact) mass is 484 g/mol. The number of nitrogens with zero attached hydrogens (tertiary/aromatic N) is 1. The summed E-state index contributed by atoms with van der Waals surface area (Å²) in [7, 11) is 1.71. The molecule has 1 aliphatic carbocycles. The molecule has 0 bridgehead atoms. The normalized spacial score (nSPS) is 16.4. The lowest BCUT2D eigenvalue weighted by atomic mass is 9.93. The number of rotatable bonds is 9. The molecule has 1 saturated carbocycles. The van der Waals surface area contributed by atoms with Crippen LogP contribution in [0.15, 0.2) is 48.7 Å². The number of fused-ring (bicyclic) bond motifs is 1. The fourth-order valence-corrected chi connectivity index (χ4v) is 5.56. The number of amides is 1. The third kappa shape index (κ3) is 4.45. The second-order valence-corrected chi connectivity index (χ2v) is 9.85. The highest BCUT2D eigenvalue weighted by Gasteiger charge is 2.52. The van der Waals surface area contributed by atoms with Gasteiger partial charge in [-0.15, -0.1) is 11.3 Å². The lowest BCUT2D eigenvalue weighted by Gasteiger charge is -2.17. The van der Waals surface area contributed by atoms with Gasteiger partial charge in [-0.05, 0) is 55.0 Å². The van der Waals surface area contributed by atoms with Crippen LogP contribution in [0.1, 0.15) is 47.6 Å². The maximum absolute atomic E-state index is 13.3. The van der Waals surface area contributed by atoms with E-state index < -0.39 is 5.41 Å². The molecule has 5 rings (SSSR count). The third-order valence-electron chi connectivity index (χ3n) is 6.32. The molecule has 1 N–H and O–H groups in total. The van der Waals surface area contributed by atoms with Crippen LogP contribution in [0.4, 0.5) is 5.13 Å². The first-order valence-corrected chi connectivity index (χ1v) is 12.2. The van der Waals surface area contributed by atoms with E-state index in [0.717, 1.165) is 52.5 Å². The van der Waals surface area contributed by atoms with E-state index in [1.807, 2.05) is 42.6 Å². The summed E-state index contributed by atoms with van der Waals surface area (Å²) in [6, 6.07) is 13.6. The summed E-state index contributed by atoms with van der Waals surface area (Å²) in [5, 5.41) is 4.40. The number of anilines is 1. The molecule has 1 aliphatic heterocycles. The fourth-order valence-electron chi connectivity index (χ4n) is 4.33. The molecule has 6 nitrogen and oxygen atoms in total. The van der Waals surface area contributed by atoms with E-state index in [4.69, 9.17) is 25.8 Å². The van der Waals surface area contributed by atoms with Gasteiger partial charge in [0.15, 0.2) is 16.6 Å². The van der Waals surface area contributed by atoms with Crippen LogP contribution in [0.5, 0.6) is 11.5 Å². The van der Waals surface area contributed by atoms with Crippen LogP contribution in [0.3, 0.4) is 0 Å². The quantitative estimate of drug-likeness (QED) is 0.391. The van der Waals surface area contributed by atoms with Crippen molar-refractivity contribution in [2.24, 2.45) is 0 Å². The lowest BCUT2D eigenvalue weighted by molar-refractivity contribution is -0.118. The Bertz CT molecular complexity index is 1160. The molecule has 0 radical (unpaired) electrons. The molecule has 1 aromatic heterocycles. The topological polar surface area (TPSA) is 69.7 Å². The first kappa shape index (κ1) is 22.2. The van der Waals surface area contributed by atoms with Crippen molar-refractivity contribution in [3.05, 3.63) is 69.7 Å². The number of hydrogen-bond acceptors (Lipinski definition) is 6. The SMILES string of the molecule is COCCCC(c1cnc(NC(=O)C2(c3ccc4c(c3)OCO4)CC2)s1)c1ccccc1Cl. The molecule has 8 heteroatoms. The van der Waals surface area contributed by atoms with Crippen LogP contribution < -0.4 is 14.8 Å². The summed E-state index contributed by atoms with van der Waals surface area (Å²) < 4.78 is 16.1. The van der Waals surface area contributed by atoms with Crippen molar-refractivity contribution in [1.29, 1.82) is 0 Å². The van der Waals surface area contributed by atoms with Gasteiger partial charge in [-0.25, -0.2) is 4.98 Å². The van der Waals surface area contributed by atoms with Crippen molar-refractivity contribution in [3.63, 3.8) is 0 Å². The predicted octanol–water partition coefficient (Wildman–Crippen LogP) is 5.75. The van der Waals surface area contributed by atoms with E-state index >= 15 is 0 Å². The summed E-state index contributed by atoms with van der Waals surface area (Å²) >= 11 is 8.02. The number of aromatic nitrogens is 1. The largest absolute Gasteiger partial charge is 0.454 e. The van der Waals surface area contributed by atoms with Crippen LogP contribution in [0, 0.1) is 0 Å². The van der Waals surface area contributed by atoms with Crippen molar-refractivity contribution in [1.82, 2.24) is 4.98 Å². The molecular formula is C25H25ClN2O4S. The third-order valence-corrected chi connectivity index (χ3v) is 7.69. The summed E-state index contributed by atoms with van der Waals surface area (Å²) in [5.74, 6) is 1.48. The zero-order valence-electron chi connectivity index (χ0n) is 18.3. The van der Waals surface area contributed by atoms with Gasteiger partial charge in [0, 0.05) is 35.7 Å². The number of hydrogen-bond donors (Lipinski definition) is 1. The zero-order valence-corrected chi connectivity index (χ0v) is 19.9. The molecule has 3 aromatic rings. The maximum Gasteiger partial charge on any atom is 0.236 e. The highest BCUT2D eigenvalue weighted by Crippen LogP contribution is 2.51. The van der Waals surface area contributed by atoms with Gasteiger partial charge in [0.1, 0.15) is 0 Å². The van der Waals surface area contributed by atoms with E-state index in [2.05, 4.69) is 16.4 Å². The molecule has 0 spiro atoms. The Hall–Kier alpha value is -2.61. The lowest BCUT2D eigenvalue weighted by Crippen LogP contribution is -2.27. The minimum atomic E-state index is -0.534. The number of ether oxygens (including phenoxy) is 3. The number of benzene rings is 2. The van der Waals surface area contributed by atoms with Crippen molar-refractivity contribution >= 4 is 34.0 Å². The second-order valence-electron chi connectivity index (χ2n) is 8.38. The van der Waals surface area contributed by atoms with E-state index in [9.17, 15) is 4.79 Å². The van der Waals surface area contributed by atoms with Gasteiger partial charge in [0.25, 0.3) is 0 Å². The minimum absolute atomic E-state index is 0.0315. The number of carbonyl (C=O) groups excluding carboxylic acids is 1. The first-order chi connectivity index (χ1) is 16.1. The summed E-state index contributed by atoms with van der Waals surface area (Å²) in [6.45, 7) is 0.901. The highest BCUT2D eigenvalue weighted by molar-refractivity contribution is 7.15. The summed E-state index contributed by atoms with van der Waals surface area (Å²) in [5.41, 5.74) is 1.48. The summed E-state index contributed by atoms with van der Waals surface area (Å²) in [6.07, 6.45) is 5.24. The molecule has 1 unspecified atom stereocenters. The van der Waals surface area contributed by atoms with Crippen molar-refractivity contribution in [2.75, 3.05) is 25.8 Å². The maximum atomic E-state index is 13.3. The average Bonchev–Trinajstić information content (AvgIpc) is 3.28. The van der Waals surface area contributed by atoms with Gasteiger partial charge in [0.05, 0.1) is 5.41 Å². The van der Waals surface area contributed by atoms with Gasteiger partial charge in [-0.1, -0.05) is 35.9 Å². The molecule has 172 valence electrons. The van der Waals surface area contributed by atoms with Crippen molar-refractivity contribution in [2.45, 2.75) is 37.0 Å². The number of carbonyl (C=O) groups is 1. The van der Waals surface area contributed by atoms with Gasteiger partial charge in [-0.2, -0.15) is 0 Å². The molecule has 1 amide bonds. The molecule has 33 heavy (non-hydrogen) atoms. The number of nitrogens with one attached hydrogen (secondary N) is 1. The van der Waals surface area contributed by atoms with Crippen LogP contribution in [-0.4, -0.2) is 31.4 Å². The Morgan fingerprint density at radius 2 is 2.06 bits per heavy atom. The van der Waals surface area contributed by atoms with Gasteiger partial charge in [0.2, 0.25) is 12.7 Å². The van der Waals surface area contributed by atoms with E-state index in [0.29, 0.717) is 17.5 Å². The predicted molar refractivity (Wildman–Crippen MR) is 129 cm³/mol. The molecular weight excluding hydrogens is 460 g/mol. The Kier molecular flexibility index (Phi) is 6.27. The number of methoxy groups -OCH3 is 1. The fraction of sp³-hybridized carbons (Fsp3) is 0.360. The van der Waals surface area contributed by atoms with Gasteiger partial charge >= 0.3 is 0 Å². The number of halogens is 1. The van der Waals surface area contributed by atoms with Crippen molar-refractivity contribution in [3.8, 4) is 11.5 Å². The molecule has 2 heterocycles. The number of thiazole rings is 1.